The highest BCUT2D eigenvalue weighted by atomic mass is 16.4. The molecule has 0 bridgehead atoms. The van der Waals surface area contributed by atoms with Gasteiger partial charge in [0.25, 0.3) is 0 Å². The molecule has 4 unspecified atom stereocenters. The number of carbonyl (C=O) groups is 6. The van der Waals surface area contributed by atoms with Crippen molar-refractivity contribution in [3.8, 4) is 0 Å². The van der Waals surface area contributed by atoms with Crippen LogP contribution >= 0.6 is 0 Å². The fraction of sp³-hybridized carbons (Fsp3) is 0.600. The summed E-state index contributed by atoms with van der Waals surface area (Å²) in [4.78, 5) is 69.4. The summed E-state index contributed by atoms with van der Waals surface area (Å²) in [6.07, 6.45) is -1.09. The molecule has 10 N–H and O–H groups in total. The zero-order valence-corrected chi connectivity index (χ0v) is 15.6. The summed E-state index contributed by atoms with van der Waals surface area (Å²) in [7, 11) is 0. The SMILES string of the molecule is CC(N)C(=O)NC(CC(N)=O)C(=O)NC(CCC(N)=O)C(=O)NC(C)C(=O)O. The molecule has 0 radical (unpaired) electrons. The molecular formula is C15H26N6O7. The highest BCUT2D eigenvalue weighted by molar-refractivity contribution is 5.96. The fourth-order valence-electron chi connectivity index (χ4n) is 1.92. The Kier molecular flexibility index (Phi) is 10.2. The second kappa shape index (κ2) is 11.5. The van der Waals surface area contributed by atoms with Crippen LogP contribution in [0.5, 0.6) is 0 Å². The molecule has 0 aliphatic rings. The van der Waals surface area contributed by atoms with Crippen LogP contribution in [0.2, 0.25) is 0 Å². The number of rotatable bonds is 12. The van der Waals surface area contributed by atoms with E-state index >= 15 is 0 Å². The van der Waals surface area contributed by atoms with E-state index in [4.69, 9.17) is 22.3 Å². The molecule has 0 aromatic heterocycles. The summed E-state index contributed by atoms with van der Waals surface area (Å²) in [6, 6.07) is -5.01. The lowest BCUT2D eigenvalue weighted by Crippen LogP contribution is -2.57. The number of amides is 5. The Morgan fingerprint density at radius 1 is 0.821 bits per heavy atom. The highest BCUT2D eigenvalue weighted by Gasteiger charge is 2.29. The largest absolute Gasteiger partial charge is 0.480 e. The van der Waals surface area contributed by atoms with Crippen LogP contribution in [0.4, 0.5) is 0 Å². The highest BCUT2D eigenvalue weighted by Crippen LogP contribution is 2.02. The van der Waals surface area contributed by atoms with E-state index < -0.39 is 66.1 Å². The molecule has 0 fully saturated rings. The number of carbonyl (C=O) groups excluding carboxylic acids is 5. The van der Waals surface area contributed by atoms with Crippen LogP contribution in [0.1, 0.15) is 33.1 Å². The van der Waals surface area contributed by atoms with Crippen molar-refractivity contribution in [2.24, 2.45) is 17.2 Å². The summed E-state index contributed by atoms with van der Waals surface area (Å²) < 4.78 is 0. The number of primary amides is 2. The molecule has 0 spiro atoms. The zero-order chi connectivity index (χ0) is 22.0. The molecule has 13 nitrogen and oxygen atoms in total. The van der Waals surface area contributed by atoms with Crippen LogP contribution < -0.4 is 33.2 Å². The number of nitrogens with two attached hydrogens (primary N) is 3. The Bertz CT molecular complexity index is 636. The van der Waals surface area contributed by atoms with E-state index in [2.05, 4.69) is 16.0 Å². The second-order valence-electron chi connectivity index (χ2n) is 6.15. The summed E-state index contributed by atoms with van der Waals surface area (Å²) in [5.74, 6) is -5.54. The maximum absolute atomic E-state index is 12.4. The standard InChI is InChI=1S/C15H26N6O7/c1-6(16)12(24)21-9(5-11(18)23)14(26)20-8(3-4-10(17)22)13(25)19-7(2)15(27)28/h6-9H,3-5,16H2,1-2H3,(H2,17,22)(H2,18,23)(H,19,25)(H,20,26)(H,21,24)(H,27,28). The molecule has 13 heteroatoms. The molecule has 4 atom stereocenters. The van der Waals surface area contributed by atoms with Gasteiger partial charge in [0.2, 0.25) is 29.5 Å². The smallest absolute Gasteiger partial charge is 0.325 e. The number of aliphatic carboxylic acids is 1. The second-order valence-corrected chi connectivity index (χ2v) is 6.15. The lowest BCUT2D eigenvalue weighted by Gasteiger charge is -2.23. The van der Waals surface area contributed by atoms with Gasteiger partial charge in [-0.3, -0.25) is 28.8 Å². The van der Waals surface area contributed by atoms with Crippen LogP contribution in [0.25, 0.3) is 0 Å². The van der Waals surface area contributed by atoms with E-state index in [9.17, 15) is 28.8 Å². The summed E-state index contributed by atoms with van der Waals surface area (Å²) >= 11 is 0. The minimum atomic E-state index is -1.42. The van der Waals surface area contributed by atoms with Crippen molar-refractivity contribution in [1.82, 2.24) is 16.0 Å². The van der Waals surface area contributed by atoms with Crippen molar-refractivity contribution in [3.63, 3.8) is 0 Å². The van der Waals surface area contributed by atoms with Gasteiger partial charge in [-0.15, -0.1) is 0 Å². The molecule has 0 heterocycles. The summed E-state index contributed by atoms with van der Waals surface area (Å²) in [6.45, 7) is 2.55. The predicted octanol–water partition coefficient (Wildman–Crippen LogP) is -3.97. The Morgan fingerprint density at radius 2 is 1.32 bits per heavy atom. The number of nitrogens with one attached hydrogen (secondary N) is 3. The Labute approximate surface area is 160 Å². The minimum absolute atomic E-state index is 0.232. The van der Waals surface area contributed by atoms with Gasteiger partial charge in [-0.25, -0.2) is 0 Å². The Morgan fingerprint density at radius 3 is 1.75 bits per heavy atom. The lowest BCUT2D eigenvalue weighted by atomic mass is 10.1. The van der Waals surface area contributed by atoms with Gasteiger partial charge >= 0.3 is 5.97 Å². The molecule has 0 saturated heterocycles. The quantitative estimate of drug-likeness (QED) is 0.169. The van der Waals surface area contributed by atoms with Gasteiger partial charge in [0, 0.05) is 6.42 Å². The molecule has 0 aliphatic heterocycles. The molecule has 0 aromatic carbocycles. The van der Waals surface area contributed by atoms with Gasteiger partial charge in [-0.1, -0.05) is 0 Å². The van der Waals surface area contributed by atoms with E-state index in [1.165, 1.54) is 13.8 Å². The molecule has 0 saturated carbocycles. The van der Waals surface area contributed by atoms with Crippen LogP contribution in [-0.4, -0.2) is 64.8 Å². The van der Waals surface area contributed by atoms with E-state index in [1.54, 1.807) is 0 Å². The van der Waals surface area contributed by atoms with Crippen molar-refractivity contribution >= 4 is 35.5 Å². The normalized spacial score (nSPS) is 14.7. The van der Waals surface area contributed by atoms with E-state index in [0.717, 1.165) is 0 Å². The fourth-order valence-corrected chi connectivity index (χ4v) is 1.92. The van der Waals surface area contributed by atoms with Crippen LogP contribution in [0, 0.1) is 0 Å². The van der Waals surface area contributed by atoms with Gasteiger partial charge in [0.05, 0.1) is 12.5 Å². The Balaban J connectivity index is 5.34. The van der Waals surface area contributed by atoms with Gasteiger partial charge in [-0.2, -0.15) is 0 Å². The number of hydrogen-bond donors (Lipinski definition) is 7. The first kappa shape index (κ1) is 24.8. The average Bonchev–Trinajstić information content (AvgIpc) is 2.56. The molecular weight excluding hydrogens is 376 g/mol. The van der Waals surface area contributed by atoms with Crippen molar-refractivity contribution in [2.75, 3.05) is 0 Å². The lowest BCUT2D eigenvalue weighted by molar-refractivity contribution is -0.142. The van der Waals surface area contributed by atoms with Gasteiger partial charge < -0.3 is 38.3 Å². The van der Waals surface area contributed by atoms with Gasteiger partial charge in [0.1, 0.15) is 18.1 Å². The van der Waals surface area contributed by atoms with E-state index in [0.29, 0.717) is 0 Å². The predicted molar refractivity (Wildman–Crippen MR) is 95.0 cm³/mol. The van der Waals surface area contributed by atoms with Crippen molar-refractivity contribution in [3.05, 3.63) is 0 Å². The first-order valence-corrected chi connectivity index (χ1v) is 8.31. The van der Waals surface area contributed by atoms with Gasteiger partial charge in [-0.05, 0) is 20.3 Å². The van der Waals surface area contributed by atoms with Crippen LogP contribution in [0.15, 0.2) is 0 Å². The monoisotopic (exact) mass is 402 g/mol. The number of carboxylic acid groups (broad SMARTS) is 1. The average molecular weight is 402 g/mol. The third kappa shape index (κ3) is 9.47. The summed E-state index contributed by atoms with van der Waals surface area (Å²) in [5, 5.41) is 15.5. The van der Waals surface area contributed by atoms with Crippen molar-refractivity contribution in [2.45, 2.75) is 57.3 Å². The number of carboxylic acids is 1. The molecule has 0 rings (SSSR count). The van der Waals surface area contributed by atoms with E-state index in [-0.39, 0.29) is 12.8 Å². The van der Waals surface area contributed by atoms with E-state index in [1.807, 2.05) is 0 Å². The molecule has 158 valence electrons. The first-order chi connectivity index (χ1) is 12.8. The van der Waals surface area contributed by atoms with Crippen LogP contribution in [0.3, 0.4) is 0 Å². The van der Waals surface area contributed by atoms with Gasteiger partial charge in [0.15, 0.2) is 0 Å². The third-order valence-corrected chi connectivity index (χ3v) is 3.49. The molecule has 28 heavy (non-hydrogen) atoms. The number of hydrogen-bond acceptors (Lipinski definition) is 7. The topological polar surface area (TPSA) is 237 Å². The van der Waals surface area contributed by atoms with Crippen molar-refractivity contribution in [1.29, 1.82) is 0 Å². The molecule has 5 amide bonds. The minimum Gasteiger partial charge on any atom is -0.480 e. The Hall–Kier alpha value is -3.22. The zero-order valence-electron chi connectivity index (χ0n) is 15.6. The molecule has 0 aromatic rings. The summed E-state index contributed by atoms with van der Waals surface area (Å²) in [5.41, 5.74) is 15.5. The van der Waals surface area contributed by atoms with Crippen molar-refractivity contribution < 1.29 is 33.9 Å². The maximum atomic E-state index is 12.4. The third-order valence-electron chi connectivity index (χ3n) is 3.49. The maximum Gasteiger partial charge on any atom is 0.325 e. The first-order valence-electron chi connectivity index (χ1n) is 8.31. The van der Waals surface area contributed by atoms with Crippen LogP contribution in [-0.2, 0) is 28.8 Å². The molecule has 0 aliphatic carbocycles.